The lowest BCUT2D eigenvalue weighted by Crippen LogP contribution is -2.48. The lowest BCUT2D eigenvalue weighted by molar-refractivity contribution is 0.178. The summed E-state index contributed by atoms with van der Waals surface area (Å²) in [5.41, 5.74) is 1.88. The predicted molar refractivity (Wildman–Crippen MR) is 131 cm³/mol. The molecule has 4 aromatic rings. The minimum Gasteiger partial charge on any atom is -0.467 e. The van der Waals surface area contributed by atoms with Gasteiger partial charge in [-0.25, -0.2) is 13.9 Å². The van der Waals surface area contributed by atoms with Gasteiger partial charge in [-0.3, -0.25) is 0 Å². The number of rotatable bonds is 7. The van der Waals surface area contributed by atoms with Crippen molar-refractivity contribution in [1.29, 1.82) is 0 Å². The molecule has 2 aromatic heterocycles. The maximum absolute atomic E-state index is 13.5. The summed E-state index contributed by atoms with van der Waals surface area (Å²) in [4.78, 5) is 15.0. The van der Waals surface area contributed by atoms with E-state index >= 15 is 0 Å². The number of ether oxygens (including phenoxy) is 1. The third-order valence-electron chi connectivity index (χ3n) is 5.21. The minimum atomic E-state index is -0.427. The van der Waals surface area contributed by atoms with Gasteiger partial charge in [0.1, 0.15) is 23.0 Å². The van der Waals surface area contributed by atoms with E-state index in [-0.39, 0.29) is 24.9 Å². The van der Waals surface area contributed by atoms with Crippen LogP contribution < -0.4 is 10.1 Å². The van der Waals surface area contributed by atoms with Crippen LogP contribution >= 0.6 is 0 Å². The number of amides is 2. The van der Waals surface area contributed by atoms with Gasteiger partial charge >= 0.3 is 6.03 Å². The van der Waals surface area contributed by atoms with Crippen molar-refractivity contribution in [1.82, 2.24) is 20.0 Å². The SMILES string of the molecule is Cn1nc(-c2ccccc2)c(CN(Cc2ccco2)C(=O)NC(C)(C)C)c1Oc1ccc(F)cc1. The van der Waals surface area contributed by atoms with Gasteiger partial charge in [0, 0.05) is 18.2 Å². The maximum atomic E-state index is 13.5. The number of carbonyl (C=O) groups excluding carboxylic acids is 1. The monoisotopic (exact) mass is 476 g/mol. The lowest BCUT2D eigenvalue weighted by atomic mass is 10.1. The van der Waals surface area contributed by atoms with Gasteiger partial charge in [0.15, 0.2) is 0 Å². The van der Waals surface area contributed by atoms with Gasteiger partial charge < -0.3 is 19.4 Å². The van der Waals surface area contributed by atoms with Crippen molar-refractivity contribution >= 4 is 6.03 Å². The zero-order valence-electron chi connectivity index (χ0n) is 20.3. The fourth-order valence-electron chi connectivity index (χ4n) is 3.65. The highest BCUT2D eigenvalue weighted by atomic mass is 19.1. The molecule has 2 amide bonds. The van der Waals surface area contributed by atoms with Gasteiger partial charge in [0.2, 0.25) is 5.88 Å². The Morgan fingerprint density at radius 2 is 1.77 bits per heavy atom. The molecule has 7 nitrogen and oxygen atoms in total. The maximum Gasteiger partial charge on any atom is 0.318 e. The number of aromatic nitrogens is 2. The molecule has 0 saturated heterocycles. The van der Waals surface area contributed by atoms with E-state index in [1.165, 1.54) is 12.1 Å². The summed E-state index contributed by atoms with van der Waals surface area (Å²) in [6.45, 7) is 6.25. The Hall–Kier alpha value is -4.07. The Bertz CT molecular complexity index is 1260. The van der Waals surface area contributed by atoms with Gasteiger partial charge in [-0.1, -0.05) is 30.3 Å². The molecule has 35 heavy (non-hydrogen) atoms. The highest BCUT2D eigenvalue weighted by Gasteiger charge is 2.27. The van der Waals surface area contributed by atoms with Crippen LogP contribution in [-0.4, -0.2) is 26.3 Å². The molecule has 1 N–H and O–H groups in total. The quantitative estimate of drug-likeness (QED) is 0.349. The van der Waals surface area contributed by atoms with Crippen LogP contribution in [0.3, 0.4) is 0 Å². The summed E-state index contributed by atoms with van der Waals surface area (Å²) < 4.78 is 26.8. The third kappa shape index (κ3) is 6.09. The summed E-state index contributed by atoms with van der Waals surface area (Å²) in [5.74, 6) is 1.23. The van der Waals surface area contributed by atoms with Gasteiger partial charge in [-0.2, -0.15) is 5.10 Å². The first-order chi connectivity index (χ1) is 16.7. The van der Waals surface area contributed by atoms with Gasteiger partial charge in [-0.15, -0.1) is 0 Å². The summed E-state index contributed by atoms with van der Waals surface area (Å²) in [5, 5.41) is 7.74. The molecule has 2 aromatic carbocycles. The van der Waals surface area contributed by atoms with Crippen LogP contribution in [0.25, 0.3) is 11.3 Å². The van der Waals surface area contributed by atoms with Crippen LogP contribution in [0.15, 0.2) is 77.4 Å². The van der Waals surface area contributed by atoms with Crippen molar-refractivity contribution in [2.45, 2.75) is 39.4 Å². The average Bonchev–Trinajstić information content (AvgIpc) is 3.43. The number of hydrogen-bond donors (Lipinski definition) is 1. The van der Waals surface area contributed by atoms with Crippen molar-refractivity contribution in [3.8, 4) is 22.9 Å². The largest absolute Gasteiger partial charge is 0.467 e. The van der Waals surface area contributed by atoms with E-state index in [4.69, 9.17) is 14.3 Å². The summed E-state index contributed by atoms with van der Waals surface area (Å²) in [6.07, 6.45) is 1.58. The summed E-state index contributed by atoms with van der Waals surface area (Å²) in [7, 11) is 1.78. The minimum absolute atomic E-state index is 0.206. The number of nitrogens with one attached hydrogen (secondary N) is 1. The van der Waals surface area contributed by atoms with Crippen molar-refractivity contribution in [3.05, 3.63) is 90.1 Å². The van der Waals surface area contributed by atoms with Gasteiger partial charge in [-0.05, 0) is 57.2 Å². The van der Waals surface area contributed by atoms with Crippen LogP contribution in [0.5, 0.6) is 11.6 Å². The first-order valence-electron chi connectivity index (χ1n) is 11.3. The number of furan rings is 1. The molecule has 0 radical (unpaired) electrons. The first kappa shape index (κ1) is 24.1. The molecule has 0 aliphatic carbocycles. The highest BCUT2D eigenvalue weighted by molar-refractivity contribution is 5.76. The number of nitrogens with zero attached hydrogens (tertiary/aromatic N) is 3. The molecule has 0 saturated carbocycles. The van der Waals surface area contributed by atoms with E-state index in [9.17, 15) is 9.18 Å². The number of benzene rings is 2. The fraction of sp³-hybridized carbons (Fsp3) is 0.259. The predicted octanol–water partition coefficient (Wildman–Crippen LogP) is 6.12. The third-order valence-corrected chi connectivity index (χ3v) is 5.21. The van der Waals surface area contributed by atoms with Crippen LogP contribution in [0.2, 0.25) is 0 Å². The van der Waals surface area contributed by atoms with Crippen molar-refractivity contribution in [2.75, 3.05) is 0 Å². The second-order valence-corrected chi connectivity index (χ2v) is 9.29. The zero-order valence-corrected chi connectivity index (χ0v) is 20.3. The second-order valence-electron chi connectivity index (χ2n) is 9.29. The van der Waals surface area contributed by atoms with E-state index in [0.717, 1.165) is 11.1 Å². The molecule has 8 heteroatoms. The Morgan fingerprint density at radius 1 is 1.06 bits per heavy atom. The standard InChI is InChI=1S/C27H29FN4O3/c1-27(2,3)29-26(33)32(17-22-11-8-16-34-22)18-23-24(19-9-6-5-7-10-19)30-31(4)25(23)35-21-14-12-20(28)13-15-21/h5-16H,17-18H2,1-4H3,(H,29,33). The van der Waals surface area contributed by atoms with Crippen LogP contribution in [0, 0.1) is 5.82 Å². The molecule has 4 rings (SSSR count). The van der Waals surface area contributed by atoms with Gasteiger partial charge in [0.25, 0.3) is 0 Å². The Morgan fingerprint density at radius 3 is 2.40 bits per heavy atom. The van der Waals surface area contributed by atoms with Gasteiger partial charge in [0.05, 0.1) is 24.9 Å². The van der Waals surface area contributed by atoms with E-state index in [1.54, 1.807) is 41.1 Å². The molecular weight excluding hydrogens is 447 g/mol. The van der Waals surface area contributed by atoms with E-state index in [0.29, 0.717) is 23.1 Å². The fourth-order valence-corrected chi connectivity index (χ4v) is 3.65. The topological polar surface area (TPSA) is 72.5 Å². The normalized spacial score (nSPS) is 11.3. The zero-order chi connectivity index (χ0) is 25.0. The summed E-state index contributed by atoms with van der Waals surface area (Å²) >= 11 is 0. The highest BCUT2D eigenvalue weighted by Crippen LogP contribution is 2.34. The van der Waals surface area contributed by atoms with E-state index in [1.807, 2.05) is 57.2 Å². The molecule has 0 aliphatic rings. The number of halogens is 1. The Balaban J connectivity index is 1.76. The molecule has 0 aliphatic heterocycles. The smallest absolute Gasteiger partial charge is 0.318 e. The molecule has 2 heterocycles. The Labute approximate surface area is 204 Å². The van der Waals surface area contributed by atoms with Crippen molar-refractivity contribution in [2.24, 2.45) is 7.05 Å². The molecule has 0 atom stereocenters. The number of carbonyl (C=O) groups is 1. The van der Waals surface area contributed by atoms with Crippen molar-refractivity contribution < 1.29 is 18.3 Å². The lowest BCUT2D eigenvalue weighted by Gasteiger charge is -2.28. The number of hydrogen-bond acceptors (Lipinski definition) is 4. The van der Waals surface area contributed by atoms with Crippen LogP contribution in [0.4, 0.5) is 9.18 Å². The van der Waals surface area contributed by atoms with Crippen LogP contribution in [0.1, 0.15) is 32.1 Å². The molecule has 0 bridgehead atoms. The second kappa shape index (κ2) is 10.0. The first-order valence-corrected chi connectivity index (χ1v) is 11.3. The average molecular weight is 477 g/mol. The molecule has 0 spiro atoms. The van der Waals surface area contributed by atoms with Crippen LogP contribution in [-0.2, 0) is 20.1 Å². The van der Waals surface area contributed by atoms with Crippen molar-refractivity contribution in [3.63, 3.8) is 0 Å². The van der Waals surface area contributed by atoms with E-state index in [2.05, 4.69) is 5.32 Å². The number of urea groups is 1. The molecular formula is C27H29FN4O3. The number of aryl methyl sites for hydroxylation is 1. The van der Waals surface area contributed by atoms with E-state index < -0.39 is 5.54 Å². The summed E-state index contributed by atoms with van der Waals surface area (Å²) in [6, 6.07) is 18.9. The molecule has 0 unspecified atom stereocenters. The molecule has 0 fully saturated rings. The molecule has 182 valence electrons. The Kier molecular flexibility index (Phi) is 6.91.